The van der Waals surface area contributed by atoms with Crippen LogP contribution >= 0.6 is 23.2 Å². The van der Waals surface area contributed by atoms with Gasteiger partial charge in [0.2, 0.25) is 0 Å². The Morgan fingerprint density at radius 2 is 1.56 bits per heavy atom. The number of aromatic nitrogens is 2. The van der Waals surface area contributed by atoms with E-state index in [4.69, 9.17) is 23.2 Å². The summed E-state index contributed by atoms with van der Waals surface area (Å²) >= 11 is 12.5. The molecule has 32 heavy (non-hydrogen) atoms. The van der Waals surface area contributed by atoms with Crippen LogP contribution in [0.15, 0.2) is 47.5 Å². The van der Waals surface area contributed by atoms with Gasteiger partial charge in [0.1, 0.15) is 10.5 Å². The van der Waals surface area contributed by atoms with Gasteiger partial charge in [0.25, 0.3) is 10.1 Å². The molecule has 4 aromatic rings. The van der Waals surface area contributed by atoms with E-state index < -0.39 is 48.6 Å². The molecule has 0 saturated carbocycles. The van der Waals surface area contributed by atoms with Gasteiger partial charge in [0.15, 0.2) is 5.69 Å². The Labute approximate surface area is 189 Å². The number of hydrogen-bond acceptors (Lipinski definition) is 6. The fourth-order valence-corrected chi connectivity index (χ4v) is 5.18. The number of carbonyl (C=O) groups is 2. The van der Waals surface area contributed by atoms with E-state index in [9.17, 15) is 32.8 Å². The van der Waals surface area contributed by atoms with Crippen molar-refractivity contribution in [2.45, 2.75) is 4.90 Å². The second kappa shape index (κ2) is 7.68. The van der Waals surface area contributed by atoms with E-state index in [1.807, 2.05) is 0 Å². The van der Waals surface area contributed by atoms with Crippen LogP contribution in [0.2, 0.25) is 10.0 Å². The molecule has 0 amide bonds. The lowest BCUT2D eigenvalue weighted by atomic mass is 9.93. The number of halogens is 2. The summed E-state index contributed by atoms with van der Waals surface area (Å²) in [5.74, 6) is -3.34. The molecule has 0 radical (unpaired) electrons. The first-order valence-corrected chi connectivity index (χ1v) is 10.9. The van der Waals surface area contributed by atoms with Crippen molar-refractivity contribution in [3.63, 3.8) is 0 Å². The second-order valence-corrected chi connectivity index (χ2v) is 8.69. The minimum atomic E-state index is -5.07. The average molecular weight is 493 g/mol. The standard InChI is InChI=1S/C20H10Cl2N2O7S/c21-9-6-7-23-15-11(9)14(22)18(32(29,30)31)12-10(8-4-2-1-3-5-8)13(19(25)26)17(20(27)28)24-16(12)15/h1-7H,(H,25,26)(H,27,28)(H,29,30,31). The molecule has 0 aliphatic rings. The zero-order valence-electron chi connectivity index (χ0n) is 15.6. The topological polar surface area (TPSA) is 155 Å². The minimum Gasteiger partial charge on any atom is -0.478 e. The zero-order chi connectivity index (χ0) is 23.4. The van der Waals surface area contributed by atoms with Gasteiger partial charge >= 0.3 is 11.9 Å². The first kappa shape index (κ1) is 21.9. The molecule has 0 atom stereocenters. The number of carboxylic acids is 2. The van der Waals surface area contributed by atoms with Gasteiger partial charge in [-0.3, -0.25) is 9.54 Å². The number of rotatable bonds is 4. The smallest absolute Gasteiger partial charge is 0.355 e. The number of hydrogen-bond donors (Lipinski definition) is 3. The van der Waals surface area contributed by atoms with E-state index >= 15 is 0 Å². The quantitative estimate of drug-likeness (QED) is 0.277. The normalized spacial score (nSPS) is 11.7. The van der Waals surface area contributed by atoms with E-state index in [0.29, 0.717) is 0 Å². The van der Waals surface area contributed by atoms with E-state index in [1.54, 1.807) is 18.2 Å². The minimum absolute atomic E-state index is 0.0333. The van der Waals surface area contributed by atoms with Crippen molar-refractivity contribution in [2.24, 2.45) is 0 Å². The Morgan fingerprint density at radius 3 is 2.12 bits per heavy atom. The van der Waals surface area contributed by atoms with Crippen molar-refractivity contribution in [2.75, 3.05) is 0 Å². The molecule has 162 valence electrons. The summed E-state index contributed by atoms with van der Waals surface area (Å²) in [4.78, 5) is 31.3. The zero-order valence-corrected chi connectivity index (χ0v) is 17.9. The second-order valence-electron chi connectivity index (χ2n) is 6.54. The molecule has 0 spiro atoms. The molecule has 0 fully saturated rings. The van der Waals surface area contributed by atoms with Crippen LogP contribution in [-0.2, 0) is 10.1 Å². The van der Waals surface area contributed by atoms with E-state index in [2.05, 4.69) is 9.97 Å². The summed E-state index contributed by atoms with van der Waals surface area (Å²) in [5, 5.41) is 18.5. The maximum Gasteiger partial charge on any atom is 0.355 e. The summed E-state index contributed by atoms with van der Waals surface area (Å²) in [7, 11) is -5.07. The van der Waals surface area contributed by atoms with Crippen molar-refractivity contribution in [1.82, 2.24) is 9.97 Å². The Morgan fingerprint density at radius 1 is 0.906 bits per heavy atom. The number of fused-ring (bicyclic) bond motifs is 3. The lowest BCUT2D eigenvalue weighted by molar-refractivity contribution is 0.0647. The fraction of sp³-hybridized carbons (Fsp3) is 0. The van der Waals surface area contributed by atoms with Crippen molar-refractivity contribution in [3.8, 4) is 11.1 Å². The molecule has 0 saturated heterocycles. The van der Waals surface area contributed by atoms with Crippen molar-refractivity contribution < 1.29 is 32.8 Å². The third kappa shape index (κ3) is 3.33. The lowest BCUT2D eigenvalue weighted by Gasteiger charge is -2.18. The molecule has 0 unspecified atom stereocenters. The van der Waals surface area contributed by atoms with Crippen LogP contribution in [-0.4, -0.2) is 45.1 Å². The van der Waals surface area contributed by atoms with Crippen LogP contribution in [0.3, 0.4) is 0 Å². The van der Waals surface area contributed by atoms with Crippen molar-refractivity contribution in [3.05, 3.63) is 63.9 Å². The van der Waals surface area contributed by atoms with E-state index in [1.165, 1.54) is 24.4 Å². The maximum absolute atomic E-state index is 12.4. The summed E-state index contributed by atoms with van der Waals surface area (Å²) in [6.07, 6.45) is 1.27. The summed E-state index contributed by atoms with van der Waals surface area (Å²) in [6.45, 7) is 0. The van der Waals surface area contributed by atoms with Crippen LogP contribution in [0.25, 0.3) is 32.9 Å². The van der Waals surface area contributed by atoms with Gasteiger partial charge < -0.3 is 10.2 Å². The number of aromatic carboxylic acids is 2. The highest BCUT2D eigenvalue weighted by atomic mass is 35.5. The predicted octanol–water partition coefficient (Wildman–Crippen LogP) is 4.40. The Bertz CT molecular complexity index is 1570. The Balaban J connectivity index is 2.50. The molecule has 0 aliphatic heterocycles. The van der Waals surface area contributed by atoms with Crippen molar-refractivity contribution >= 4 is 67.1 Å². The highest BCUT2D eigenvalue weighted by Crippen LogP contribution is 2.45. The Kier molecular flexibility index (Phi) is 5.25. The SMILES string of the molecule is O=C(O)c1nc2c(c(-c3ccccc3)c1C(=O)O)c(S(=O)(=O)O)c(Cl)c1c(Cl)ccnc12. The molecule has 2 aromatic heterocycles. The molecule has 9 nitrogen and oxygen atoms in total. The largest absolute Gasteiger partial charge is 0.478 e. The first-order chi connectivity index (χ1) is 15.0. The molecule has 0 aliphatic carbocycles. The summed E-state index contributed by atoms with van der Waals surface area (Å²) in [5.41, 5.74) is -2.16. The molecule has 3 N–H and O–H groups in total. The third-order valence-electron chi connectivity index (χ3n) is 4.70. The fourth-order valence-electron chi connectivity index (χ4n) is 3.53. The van der Waals surface area contributed by atoms with Gasteiger partial charge in [-0.15, -0.1) is 0 Å². The number of carboxylic acid groups (broad SMARTS) is 2. The number of nitrogens with zero attached hydrogens (tertiary/aromatic N) is 2. The van der Waals surface area contributed by atoms with Crippen LogP contribution in [0.4, 0.5) is 0 Å². The van der Waals surface area contributed by atoms with Crippen LogP contribution in [0.1, 0.15) is 20.8 Å². The lowest BCUT2D eigenvalue weighted by Crippen LogP contribution is -2.15. The van der Waals surface area contributed by atoms with Crippen LogP contribution in [0, 0.1) is 0 Å². The molecule has 4 rings (SSSR count). The van der Waals surface area contributed by atoms with Gasteiger partial charge in [-0.25, -0.2) is 14.6 Å². The van der Waals surface area contributed by atoms with Gasteiger partial charge in [-0.2, -0.15) is 8.42 Å². The van der Waals surface area contributed by atoms with Gasteiger partial charge in [0.05, 0.1) is 21.1 Å². The van der Waals surface area contributed by atoms with Gasteiger partial charge in [-0.05, 0) is 11.6 Å². The molecule has 0 bridgehead atoms. The first-order valence-electron chi connectivity index (χ1n) is 8.67. The number of pyridine rings is 2. The maximum atomic E-state index is 12.4. The Hall–Kier alpha value is -3.31. The van der Waals surface area contributed by atoms with E-state index in [-0.39, 0.29) is 32.6 Å². The summed E-state index contributed by atoms with van der Waals surface area (Å²) < 4.78 is 34.9. The monoisotopic (exact) mass is 492 g/mol. The average Bonchev–Trinajstić information content (AvgIpc) is 2.72. The molecular formula is C20H10Cl2N2O7S. The van der Waals surface area contributed by atoms with Crippen LogP contribution < -0.4 is 0 Å². The highest BCUT2D eigenvalue weighted by Gasteiger charge is 2.33. The molecule has 2 heterocycles. The van der Waals surface area contributed by atoms with Crippen LogP contribution in [0.5, 0.6) is 0 Å². The van der Waals surface area contributed by atoms with Gasteiger partial charge in [0, 0.05) is 22.5 Å². The highest BCUT2D eigenvalue weighted by molar-refractivity contribution is 7.86. The molecule has 2 aromatic carbocycles. The molecule has 12 heteroatoms. The predicted molar refractivity (Wildman–Crippen MR) is 116 cm³/mol. The van der Waals surface area contributed by atoms with Gasteiger partial charge in [-0.1, -0.05) is 53.5 Å². The van der Waals surface area contributed by atoms with Crippen molar-refractivity contribution in [1.29, 1.82) is 0 Å². The summed E-state index contributed by atoms with van der Waals surface area (Å²) in [6, 6.07) is 8.92. The third-order valence-corrected chi connectivity index (χ3v) is 6.43. The molecular weight excluding hydrogens is 483 g/mol. The van der Waals surface area contributed by atoms with E-state index in [0.717, 1.165) is 0 Å². The number of benzene rings is 2.